The topological polar surface area (TPSA) is 59.4 Å². The smallest absolute Gasteiger partial charge is 0.237 e. The van der Waals surface area contributed by atoms with Crippen LogP contribution in [-0.2, 0) is 11.3 Å². The number of benzene rings is 1. The molecule has 3 heterocycles. The van der Waals surface area contributed by atoms with E-state index in [1.165, 1.54) is 0 Å². The first kappa shape index (κ1) is 17.0. The largest absolute Gasteiger partial charge is 0.350 e. The van der Waals surface area contributed by atoms with Gasteiger partial charge >= 0.3 is 0 Å². The summed E-state index contributed by atoms with van der Waals surface area (Å²) in [6, 6.07) is 5.98. The zero-order valence-electron chi connectivity index (χ0n) is 13.8. The highest BCUT2D eigenvalue weighted by Crippen LogP contribution is 2.37. The van der Waals surface area contributed by atoms with Crippen molar-refractivity contribution in [3.8, 4) is 6.19 Å². The van der Waals surface area contributed by atoms with Crippen molar-refractivity contribution in [2.45, 2.75) is 56.4 Å². The normalized spacial score (nSPS) is 30.8. The second-order valence-corrected chi connectivity index (χ2v) is 8.08. The molecule has 2 bridgehead atoms. The van der Waals surface area contributed by atoms with Crippen molar-refractivity contribution in [3.63, 3.8) is 0 Å². The molecule has 3 aliphatic rings. The molecule has 4 rings (SSSR count). The standard InChI is InChI=1S/C18H20Cl2N4O/c19-12-5-11(6-13(20)7-12)9-23-4-3-17(23)18(25)22-15-8-14-1-2-16(15)24(14)10-21/h5-7,14-17H,1-4,8-9H2,(H,22,25)/t14-,15+,16+,17+/m0/s1. The molecule has 0 aromatic heterocycles. The van der Waals surface area contributed by atoms with Crippen LogP contribution in [0.2, 0.25) is 10.0 Å². The van der Waals surface area contributed by atoms with Gasteiger partial charge in [-0.25, -0.2) is 0 Å². The molecule has 4 atom stereocenters. The Morgan fingerprint density at radius 2 is 2.00 bits per heavy atom. The molecule has 3 fully saturated rings. The van der Waals surface area contributed by atoms with Gasteiger partial charge in [0.1, 0.15) is 0 Å². The number of nitriles is 1. The molecule has 0 saturated carbocycles. The highest BCUT2D eigenvalue weighted by molar-refractivity contribution is 6.34. The van der Waals surface area contributed by atoms with Gasteiger partial charge in [0.2, 0.25) is 5.91 Å². The lowest BCUT2D eigenvalue weighted by Crippen LogP contribution is -2.58. The SMILES string of the molecule is N#CN1[C@H]2CC[C@@H]1[C@H](NC(=O)[C@H]1CCN1Cc1cc(Cl)cc(Cl)c1)C2. The minimum Gasteiger partial charge on any atom is -0.350 e. The van der Waals surface area contributed by atoms with Gasteiger partial charge in [-0.15, -0.1) is 0 Å². The number of likely N-dealkylation sites (tertiary alicyclic amines) is 1. The highest BCUT2D eigenvalue weighted by atomic mass is 35.5. The van der Waals surface area contributed by atoms with Gasteiger partial charge in [0, 0.05) is 29.2 Å². The minimum atomic E-state index is -0.104. The number of amides is 1. The fraction of sp³-hybridized carbons (Fsp3) is 0.556. The van der Waals surface area contributed by atoms with Crippen LogP contribution in [0, 0.1) is 11.5 Å². The lowest BCUT2D eigenvalue weighted by molar-refractivity contribution is -0.132. The Hall–Kier alpha value is -1.48. The average Bonchev–Trinajstić information content (AvgIpc) is 3.07. The van der Waals surface area contributed by atoms with Gasteiger partial charge in [0.15, 0.2) is 6.19 Å². The van der Waals surface area contributed by atoms with E-state index in [4.69, 9.17) is 23.2 Å². The Morgan fingerprint density at radius 1 is 1.24 bits per heavy atom. The summed E-state index contributed by atoms with van der Waals surface area (Å²) < 4.78 is 0. The van der Waals surface area contributed by atoms with E-state index in [-0.39, 0.29) is 24.0 Å². The van der Waals surface area contributed by atoms with Gasteiger partial charge < -0.3 is 10.2 Å². The second-order valence-electron chi connectivity index (χ2n) is 7.21. The maximum atomic E-state index is 12.7. The summed E-state index contributed by atoms with van der Waals surface area (Å²) in [5, 5.41) is 13.7. The summed E-state index contributed by atoms with van der Waals surface area (Å²) in [5.74, 6) is 0.0785. The first-order valence-corrected chi connectivity index (χ1v) is 9.48. The number of halogens is 2. The van der Waals surface area contributed by atoms with Crippen molar-refractivity contribution in [2.24, 2.45) is 0 Å². The van der Waals surface area contributed by atoms with Gasteiger partial charge in [-0.05, 0) is 49.4 Å². The fourth-order valence-corrected chi connectivity index (χ4v) is 5.01. The molecule has 3 saturated heterocycles. The lowest BCUT2D eigenvalue weighted by atomic mass is 9.94. The first-order valence-electron chi connectivity index (χ1n) is 8.72. The van der Waals surface area contributed by atoms with Crippen LogP contribution in [-0.4, -0.2) is 46.4 Å². The van der Waals surface area contributed by atoms with Crippen LogP contribution < -0.4 is 5.32 Å². The molecule has 25 heavy (non-hydrogen) atoms. The quantitative estimate of drug-likeness (QED) is 0.818. The molecule has 5 nitrogen and oxygen atoms in total. The molecular weight excluding hydrogens is 359 g/mol. The van der Waals surface area contributed by atoms with Crippen LogP contribution >= 0.6 is 23.2 Å². The summed E-state index contributed by atoms with van der Waals surface area (Å²) in [4.78, 5) is 16.7. The average molecular weight is 379 g/mol. The van der Waals surface area contributed by atoms with Gasteiger partial charge in [0.05, 0.1) is 18.1 Å². The molecule has 7 heteroatoms. The summed E-state index contributed by atoms with van der Waals surface area (Å²) in [5.41, 5.74) is 1.02. The third-order valence-corrected chi connectivity index (χ3v) is 6.16. The van der Waals surface area contributed by atoms with Crippen molar-refractivity contribution in [3.05, 3.63) is 33.8 Å². The van der Waals surface area contributed by atoms with E-state index >= 15 is 0 Å². The van der Waals surface area contributed by atoms with E-state index in [2.05, 4.69) is 16.4 Å². The van der Waals surface area contributed by atoms with Gasteiger partial charge in [-0.1, -0.05) is 23.2 Å². The van der Waals surface area contributed by atoms with Crippen LogP contribution in [0.25, 0.3) is 0 Å². The molecule has 1 aromatic rings. The number of carbonyl (C=O) groups excluding carboxylic acids is 1. The van der Waals surface area contributed by atoms with E-state index in [1.807, 2.05) is 17.0 Å². The van der Waals surface area contributed by atoms with E-state index in [0.29, 0.717) is 22.6 Å². The summed E-state index contributed by atoms with van der Waals surface area (Å²) in [7, 11) is 0. The number of fused-ring (bicyclic) bond motifs is 2. The molecule has 0 radical (unpaired) electrons. The van der Waals surface area contributed by atoms with Crippen molar-refractivity contribution >= 4 is 29.1 Å². The van der Waals surface area contributed by atoms with Gasteiger partial charge in [-0.2, -0.15) is 5.26 Å². The molecule has 1 aromatic carbocycles. The van der Waals surface area contributed by atoms with Crippen LogP contribution in [0.3, 0.4) is 0 Å². The Bertz CT molecular complexity index is 714. The van der Waals surface area contributed by atoms with Gasteiger partial charge in [0.25, 0.3) is 0 Å². The van der Waals surface area contributed by atoms with Crippen molar-refractivity contribution < 1.29 is 4.79 Å². The fourth-order valence-electron chi connectivity index (χ4n) is 4.44. The number of hydrogen-bond donors (Lipinski definition) is 1. The number of hydrogen-bond acceptors (Lipinski definition) is 4. The Labute approximate surface area is 157 Å². The predicted molar refractivity (Wildman–Crippen MR) is 96.1 cm³/mol. The van der Waals surface area contributed by atoms with Crippen LogP contribution in [0.15, 0.2) is 18.2 Å². The van der Waals surface area contributed by atoms with E-state index in [9.17, 15) is 10.1 Å². The predicted octanol–water partition coefficient (Wildman–Crippen LogP) is 2.77. The number of rotatable bonds is 4. The molecule has 3 aliphatic heterocycles. The Balaban J connectivity index is 1.36. The summed E-state index contributed by atoms with van der Waals surface area (Å²) in [6.45, 7) is 1.56. The first-order chi connectivity index (χ1) is 12.0. The molecule has 0 unspecified atom stereocenters. The molecule has 0 spiro atoms. The lowest BCUT2D eigenvalue weighted by Gasteiger charge is -2.40. The maximum absolute atomic E-state index is 12.7. The van der Waals surface area contributed by atoms with E-state index in [1.54, 1.807) is 6.07 Å². The zero-order chi connectivity index (χ0) is 17.6. The Morgan fingerprint density at radius 3 is 2.60 bits per heavy atom. The van der Waals surface area contributed by atoms with E-state index in [0.717, 1.165) is 37.8 Å². The summed E-state index contributed by atoms with van der Waals surface area (Å²) in [6.07, 6.45) is 6.10. The van der Waals surface area contributed by atoms with Crippen LogP contribution in [0.1, 0.15) is 31.2 Å². The van der Waals surface area contributed by atoms with Crippen molar-refractivity contribution in [1.29, 1.82) is 5.26 Å². The number of nitrogens with zero attached hydrogens (tertiary/aromatic N) is 3. The third kappa shape index (κ3) is 3.19. The Kier molecular flexibility index (Phi) is 4.53. The molecule has 132 valence electrons. The molecular formula is C18H20Cl2N4O. The monoisotopic (exact) mass is 378 g/mol. The summed E-state index contributed by atoms with van der Waals surface area (Å²) >= 11 is 12.1. The zero-order valence-corrected chi connectivity index (χ0v) is 15.3. The molecule has 1 N–H and O–H groups in total. The highest BCUT2D eigenvalue weighted by Gasteiger charge is 2.47. The number of carbonyl (C=O) groups is 1. The van der Waals surface area contributed by atoms with Crippen molar-refractivity contribution in [2.75, 3.05) is 6.54 Å². The van der Waals surface area contributed by atoms with Crippen LogP contribution in [0.4, 0.5) is 0 Å². The maximum Gasteiger partial charge on any atom is 0.237 e. The van der Waals surface area contributed by atoms with Crippen LogP contribution in [0.5, 0.6) is 0 Å². The third-order valence-electron chi connectivity index (χ3n) is 5.72. The molecule has 0 aliphatic carbocycles. The second kappa shape index (κ2) is 6.68. The number of nitrogens with one attached hydrogen (secondary N) is 1. The minimum absolute atomic E-state index is 0.0785. The van der Waals surface area contributed by atoms with Crippen molar-refractivity contribution in [1.82, 2.24) is 15.1 Å². The van der Waals surface area contributed by atoms with E-state index < -0.39 is 0 Å². The van der Waals surface area contributed by atoms with Gasteiger partial charge in [-0.3, -0.25) is 9.69 Å². The molecule has 1 amide bonds.